The van der Waals surface area contributed by atoms with Gasteiger partial charge in [0, 0.05) is 24.0 Å². The van der Waals surface area contributed by atoms with Gasteiger partial charge in [0.15, 0.2) is 11.5 Å². The SMILES string of the molecule is C[C@@H](NCC(=O)N1CCC[C@@H]1c1ccc2c(c1)OCCCO2)c1ccccc1Cl. The maximum absolute atomic E-state index is 13.0. The average molecular weight is 415 g/mol. The first-order valence-electron chi connectivity index (χ1n) is 10.3. The molecule has 0 spiro atoms. The molecule has 154 valence electrons. The zero-order chi connectivity index (χ0) is 20.2. The summed E-state index contributed by atoms with van der Waals surface area (Å²) in [4.78, 5) is 14.9. The van der Waals surface area contributed by atoms with E-state index in [1.165, 1.54) is 0 Å². The Morgan fingerprint density at radius 1 is 1.17 bits per heavy atom. The normalized spacial score (nSPS) is 19.7. The van der Waals surface area contributed by atoms with E-state index >= 15 is 0 Å². The molecule has 2 heterocycles. The molecule has 2 atom stereocenters. The maximum atomic E-state index is 13.0. The van der Waals surface area contributed by atoms with E-state index in [1.807, 2.05) is 48.2 Å². The number of halogens is 1. The molecule has 4 rings (SSSR count). The number of carbonyl (C=O) groups excluding carboxylic acids is 1. The van der Waals surface area contributed by atoms with Crippen molar-refractivity contribution in [2.45, 2.75) is 38.3 Å². The molecule has 1 fully saturated rings. The van der Waals surface area contributed by atoms with Gasteiger partial charge >= 0.3 is 0 Å². The summed E-state index contributed by atoms with van der Waals surface area (Å²) in [6.07, 6.45) is 2.85. The lowest BCUT2D eigenvalue weighted by atomic mass is 10.0. The van der Waals surface area contributed by atoms with Gasteiger partial charge in [0.2, 0.25) is 5.91 Å². The Morgan fingerprint density at radius 3 is 2.79 bits per heavy atom. The first-order valence-corrected chi connectivity index (χ1v) is 10.7. The van der Waals surface area contributed by atoms with Crippen LogP contribution in [0.2, 0.25) is 5.02 Å². The molecule has 2 aromatic rings. The van der Waals surface area contributed by atoms with Crippen molar-refractivity contribution in [3.05, 3.63) is 58.6 Å². The van der Waals surface area contributed by atoms with Gasteiger partial charge in [-0.05, 0) is 49.1 Å². The average Bonchev–Trinajstić information content (AvgIpc) is 3.11. The molecule has 0 aliphatic carbocycles. The van der Waals surface area contributed by atoms with Gasteiger partial charge in [0.1, 0.15) is 0 Å². The van der Waals surface area contributed by atoms with Crippen molar-refractivity contribution in [1.29, 1.82) is 0 Å². The van der Waals surface area contributed by atoms with Crippen LogP contribution in [-0.4, -0.2) is 37.1 Å². The topological polar surface area (TPSA) is 50.8 Å². The third-order valence-corrected chi connectivity index (χ3v) is 6.00. The van der Waals surface area contributed by atoms with Crippen LogP contribution < -0.4 is 14.8 Å². The van der Waals surface area contributed by atoms with E-state index in [0.717, 1.165) is 48.4 Å². The first-order chi connectivity index (χ1) is 14.1. The highest BCUT2D eigenvalue weighted by molar-refractivity contribution is 6.31. The van der Waals surface area contributed by atoms with Gasteiger partial charge < -0.3 is 19.7 Å². The number of rotatable bonds is 5. The van der Waals surface area contributed by atoms with Gasteiger partial charge in [-0.25, -0.2) is 0 Å². The lowest BCUT2D eigenvalue weighted by Gasteiger charge is -2.27. The fourth-order valence-electron chi connectivity index (χ4n) is 4.08. The molecular formula is C23H27ClN2O3. The van der Waals surface area contributed by atoms with Crippen molar-refractivity contribution in [3.8, 4) is 11.5 Å². The van der Waals surface area contributed by atoms with E-state index in [9.17, 15) is 4.79 Å². The van der Waals surface area contributed by atoms with Crippen LogP contribution in [-0.2, 0) is 4.79 Å². The predicted molar refractivity (Wildman–Crippen MR) is 114 cm³/mol. The number of likely N-dealkylation sites (tertiary alicyclic amines) is 1. The summed E-state index contributed by atoms with van der Waals surface area (Å²) >= 11 is 6.28. The second kappa shape index (κ2) is 9.06. The van der Waals surface area contributed by atoms with Gasteiger partial charge in [-0.2, -0.15) is 0 Å². The van der Waals surface area contributed by atoms with Gasteiger partial charge in [0.05, 0.1) is 25.8 Å². The second-order valence-corrected chi connectivity index (χ2v) is 8.03. The molecule has 0 aromatic heterocycles. The van der Waals surface area contributed by atoms with Crippen molar-refractivity contribution in [1.82, 2.24) is 10.2 Å². The van der Waals surface area contributed by atoms with E-state index in [-0.39, 0.29) is 24.5 Å². The summed E-state index contributed by atoms with van der Waals surface area (Å²) < 4.78 is 11.6. The lowest BCUT2D eigenvalue weighted by Crippen LogP contribution is -2.38. The summed E-state index contributed by atoms with van der Waals surface area (Å²) in [6.45, 7) is 4.43. The van der Waals surface area contributed by atoms with Crippen molar-refractivity contribution in [2.75, 3.05) is 26.3 Å². The van der Waals surface area contributed by atoms with E-state index in [0.29, 0.717) is 18.2 Å². The number of fused-ring (bicyclic) bond motifs is 1. The zero-order valence-corrected chi connectivity index (χ0v) is 17.5. The highest BCUT2D eigenvalue weighted by Gasteiger charge is 2.30. The Morgan fingerprint density at radius 2 is 1.97 bits per heavy atom. The van der Waals surface area contributed by atoms with Crippen LogP contribution in [0.5, 0.6) is 11.5 Å². The van der Waals surface area contributed by atoms with E-state index < -0.39 is 0 Å². The monoisotopic (exact) mass is 414 g/mol. The van der Waals surface area contributed by atoms with Gasteiger partial charge in [0.25, 0.3) is 0 Å². The predicted octanol–water partition coefficient (Wildman–Crippen LogP) is 4.52. The summed E-state index contributed by atoms with van der Waals surface area (Å²) in [7, 11) is 0. The van der Waals surface area contributed by atoms with E-state index in [1.54, 1.807) is 0 Å². The molecule has 2 aliphatic rings. The number of benzene rings is 2. The van der Waals surface area contributed by atoms with E-state index in [4.69, 9.17) is 21.1 Å². The molecule has 29 heavy (non-hydrogen) atoms. The number of amides is 1. The van der Waals surface area contributed by atoms with Crippen molar-refractivity contribution in [2.24, 2.45) is 0 Å². The van der Waals surface area contributed by atoms with Crippen LogP contribution in [0, 0.1) is 0 Å². The summed E-state index contributed by atoms with van der Waals surface area (Å²) in [5, 5.41) is 4.04. The maximum Gasteiger partial charge on any atom is 0.237 e. The van der Waals surface area contributed by atoms with Crippen molar-refractivity contribution < 1.29 is 14.3 Å². The number of hydrogen-bond acceptors (Lipinski definition) is 4. The highest BCUT2D eigenvalue weighted by atomic mass is 35.5. The molecule has 1 amide bonds. The smallest absolute Gasteiger partial charge is 0.237 e. The quantitative estimate of drug-likeness (QED) is 0.781. The molecule has 2 aliphatic heterocycles. The fourth-order valence-corrected chi connectivity index (χ4v) is 4.38. The molecule has 0 bridgehead atoms. The number of nitrogens with zero attached hydrogens (tertiary/aromatic N) is 1. The largest absolute Gasteiger partial charge is 0.490 e. The molecule has 1 N–H and O–H groups in total. The van der Waals surface area contributed by atoms with Gasteiger partial charge in [-0.15, -0.1) is 0 Å². The summed E-state index contributed by atoms with van der Waals surface area (Å²) in [5.74, 6) is 1.68. The third-order valence-electron chi connectivity index (χ3n) is 5.66. The van der Waals surface area contributed by atoms with Crippen LogP contribution in [0.25, 0.3) is 0 Å². The fraction of sp³-hybridized carbons (Fsp3) is 0.435. The Labute approximate surface area is 176 Å². The Bertz CT molecular complexity index is 873. The van der Waals surface area contributed by atoms with Crippen LogP contribution >= 0.6 is 11.6 Å². The summed E-state index contributed by atoms with van der Waals surface area (Å²) in [5.41, 5.74) is 2.11. The Kier molecular flexibility index (Phi) is 6.26. The molecule has 5 nitrogen and oxygen atoms in total. The number of nitrogens with one attached hydrogen (secondary N) is 1. The second-order valence-electron chi connectivity index (χ2n) is 7.63. The zero-order valence-electron chi connectivity index (χ0n) is 16.7. The number of carbonyl (C=O) groups is 1. The van der Waals surface area contributed by atoms with Crippen LogP contribution in [0.15, 0.2) is 42.5 Å². The first kappa shape index (κ1) is 20.0. The molecule has 2 aromatic carbocycles. The van der Waals surface area contributed by atoms with Crippen LogP contribution in [0.4, 0.5) is 0 Å². The summed E-state index contributed by atoms with van der Waals surface area (Å²) in [6, 6.07) is 13.9. The molecule has 1 saturated heterocycles. The Hall–Kier alpha value is -2.24. The number of ether oxygens (including phenoxy) is 2. The van der Waals surface area contributed by atoms with Crippen LogP contribution in [0.1, 0.15) is 49.4 Å². The molecule has 0 radical (unpaired) electrons. The standard InChI is InChI=1S/C23H27ClN2O3/c1-16(18-6-2-3-7-19(18)24)25-15-23(27)26-11-4-8-20(26)17-9-10-21-22(14-17)29-13-5-12-28-21/h2-3,6-7,9-10,14,16,20,25H,4-5,8,11-13,15H2,1H3/t16-,20-/m1/s1. The van der Waals surface area contributed by atoms with E-state index in [2.05, 4.69) is 11.4 Å². The minimum absolute atomic E-state index is 0.00625. The molecular weight excluding hydrogens is 388 g/mol. The van der Waals surface area contributed by atoms with Crippen molar-refractivity contribution >= 4 is 17.5 Å². The minimum atomic E-state index is 0.00625. The molecule has 0 unspecified atom stereocenters. The number of hydrogen-bond donors (Lipinski definition) is 1. The van der Waals surface area contributed by atoms with Gasteiger partial charge in [-0.3, -0.25) is 4.79 Å². The van der Waals surface area contributed by atoms with Gasteiger partial charge in [-0.1, -0.05) is 35.9 Å². The third kappa shape index (κ3) is 4.51. The molecule has 6 heteroatoms. The highest BCUT2D eigenvalue weighted by Crippen LogP contribution is 2.38. The van der Waals surface area contributed by atoms with Crippen molar-refractivity contribution in [3.63, 3.8) is 0 Å². The minimum Gasteiger partial charge on any atom is -0.490 e. The lowest BCUT2D eigenvalue weighted by molar-refractivity contribution is -0.131. The Balaban J connectivity index is 1.42. The molecule has 0 saturated carbocycles. The van der Waals surface area contributed by atoms with Crippen LogP contribution in [0.3, 0.4) is 0 Å².